The first-order valence-corrected chi connectivity index (χ1v) is 4.46. The van der Waals surface area contributed by atoms with Crippen LogP contribution in [0, 0.1) is 0 Å². The van der Waals surface area contributed by atoms with Gasteiger partial charge >= 0.3 is 0 Å². The predicted molar refractivity (Wildman–Crippen MR) is 46.9 cm³/mol. The Morgan fingerprint density at radius 1 is 1.46 bits per heavy atom. The number of likely N-dealkylation sites (N-methyl/N-ethyl adjacent to an activating group) is 1. The fraction of sp³-hybridized carbons (Fsp3) is 0.889. The van der Waals surface area contributed by atoms with E-state index in [9.17, 15) is 9.90 Å². The van der Waals surface area contributed by atoms with Crippen LogP contribution in [0.3, 0.4) is 0 Å². The maximum absolute atomic E-state index is 10.6. The van der Waals surface area contributed by atoms with E-state index in [1.54, 1.807) is 19.3 Å². The molecule has 0 saturated carbocycles. The number of ether oxygens (including phenoxy) is 1. The van der Waals surface area contributed by atoms with Crippen LogP contribution in [0.15, 0.2) is 0 Å². The Kier molecular flexibility index (Phi) is 4.36. The van der Waals surface area contributed by atoms with Crippen molar-refractivity contribution in [2.45, 2.75) is 45.4 Å². The van der Waals surface area contributed by atoms with E-state index in [-0.39, 0.29) is 11.7 Å². The van der Waals surface area contributed by atoms with Crippen LogP contribution in [0.2, 0.25) is 0 Å². The van der Waals surface area contributed by atoms with Gasteiger partial charge in [0.25, 0.3) is 0 Å². The molecule has 2 N–H and O–H groups in total. The van der Waals surface area contributed by atoms with Crippen molar-refractivity contribution in [2.24, 2.45) is 0 Å². The molecular weight excluding hydrogens is 170 g/mol. The Bertz CT molecular complexity index is 174. The number of hydrogen-bond donors (Lipinski definition) is 1. The zero-order valence-corrected chi connectivity index (χ0v) is 8.96. The highest BCUT2D eigenvalue weighted by molar-refractivity contribution is 5.70. The van der Waals surface area contributed by atoms with Gasteiger partial charge in [-0.1, -0.05) is 0 Å². The highest BCUT2D eigenvalue weighted by Gasteiger charge is 2.25. The van der Waals surface area contributed by atoms with Crippen LogP contribution in [-0.2, 0) is 9.53 Å². The number of rotatable bonds is 4. The number of aliphatic carboxylic acids is 1. The van der Waals surface area contributed by atoms with E-state index in [2.05, 4.69) is 0 Å². The van der Waals surface area contributed by atoms with Gasteiger partial charge in [-0.05, 0) is 27.7 Å². The minimum Gasteiger partial charge on any atom is -0.544 e. The van der Waals surface area contributed by atoms with E-state index < -0.39 is 12.0 Å². The quantitative estimate of drug-likeness (QED) is 0.585. The van der Waals surface area contributed by atoms with E-state index in [4.69, 9.17) is 4.74 Å². The van der Waals surface area contributed by atoms with Crippen LogP contribution in [0.4, 0.5) is 0 Å². The topological polar surface area (TPSA) is 66.0 Å². The van der Waals surface area contributed by atoms with Crippen molar-refractivity contribution in [2.75, 3.05) is 7.05 Å². The summed E-state index contributed by atoms with van der Waals surface area (Å²) in [5.41, 5.74) is -0.323. The first-order valence-electron chi connectivity index (χ1n) is 4.46. The van der Waals surface area contributed by atoms with Gasteiger partial charge in [0.1, 0.15) is 12.1 Å². The van der Waals surface area contributed by atoms with Crippen molar-refractivity contribution in [3.63, 3.8) is 0 Å². The highest BCUT2D eigenvalue weighted by Crippen LogP contribution is 2.11. The lowest BCUT2D eigenvalue weighted by Crippen LogP contribution is -2.92. The van der Waals surface area contributed by atoms with Gasteiger partial charge in [-0.25, -0.2) is 0 Å². The molecule has 0 saturated heterocycles. The van der Waals surface area contributed by atoms with E-state index in [0.717, 1.165) is 0 Å². The van der Waals surface area contributed by atoms with Crippen molar-refractivity contribution in [3.8, 4) is 0 Å². The number of quaternary nitrogens is 1. The Labute approximate surface area is 79.3 Å². The number of carboxylic acid groups (broad SMARTS) is 1. The molecule has 0 rings (SSSR count). The van der Waals surface area contributed by atoms with Gasteiger partial charge in [-0.2, -0.15) is 0 Å². The molecule has 0 spiro atoms. The summed E-state index contributed by atoms with van der Waals surface area (Å²) in [4.78, 5) is 10.6. The Balaban J connectivity index is 4.22. The molecule has 0 aromatic rings. The number of carbonyl (C=O) groups is 1. The fourth-order valence-electron chi connectivity index (χ4n) is 1.23. The number of carboxylic acids is 1. The zero-order valence-electron chi connectivity index (χ0n) is 8.96. The minimum absolute atomic E-state index is 0.323. The fourth-order valence-corrected chi connectivity index (χ4v) is 1.23. The summed E-state index contributed by atoms with van der Waals surface area (Å²) >= 11 is 0. The van der Waals surface area contributed by atoms with E-state index >= 15 is 0 Å². The summed E-state index contributed by atoms with van der Waals surface area (Å²) < 4.78 is 5.50. The SMILES string of the molecule is C[NH2+][C@H](C(=O)[O-])[C@@H](C)OC(C)(C)C. The standard InChI is InChI=1S/C9H19NO3/c1-6(13-9(2,3)4)7(10-5)8(11)12/h6-7,10H,1-5H3,(H,11,12)/t6-,7+/m1/s1. The monoisotopic (exact) mass is 189 g/mol. The summed E-state index contributed by atoms with van der Waals surface area (Å²) in [5, 5.41) is 12.2. The average Bonchev–Trinajstić information content (AvgIpc) is 1.82. The summed E-state index contributed by atoms with van der Waals surface area (Å²) in [6, 6.07) is -0.640. The van der Waals surface area contributed by atoms with Gasteiger partial charge < -0.3 is 20.0 Å². The molecule has 0 radical (unpaired) electrons. The second-order valence-corrected chi connectivity index (χ2v) is 4.11. The maximum atomic E-state index is 10.6. The second kappa shape index (κ2) is 4.58. The second-order valence-electron chi connectivity index (χ2n) is 4.11. The summed E-state index contributed by atoms with van der Waals surface area (Å²) in [5.74, 6) is -1.08. The lowest BCUT2D eigenvalue weighted by molar-refractivity contribution is -0.666. The van der Waals surface area contributed by atoms with Gasteiger partial charge in [0.2, 0.25) is 0 Å². The normalized spacial score (nSPS) is 16.7. The molecule has 0 fully saturated rings. The molecular formula is C9H19NO3. The smallest absolute Gasteiger partial charge is 0.152 e. The lowest BCUT2D eigenvalue weighted by Gasteiger charge is -2.29. The Morgan fingerprint density at radius 2 is 1.92 bits per heavy atom. The van der Waals surface area contributed by atoms with Crippen LogP contribution in [0.5, 0.6) is 0 Å². The van der Waals surface area contributed by atoms with Crippen molar-refractivity contribution in [1.82, 2.24) is 0 Å². The van der Waals surface area contributed by atoms with E-state index in [0.29, 0.717) is 0 Å². The number of hydrogen-bond acceptors (Lipinski definition) is 3. The number of nitrogens with two attached hydrogens (primary N) is 1. The molecule has 78 valence electrons. The largest absolute Gasteiger partial charge is 0.544 e. The van der Waals surface area contributed by atoms with Crippen LogP contribution >= 0.6 is 0 Å². The predicted octanol–water partition coefficient (Wildman–Crippen LogP) is -1.50. The highest BCUT2D eigenvalue weighted by atomic mass is 16.5. The van der Waals surface area contributed by atoms with Gasteiger partial charge in [0.15, 0.2) is 6.04 Å². The van der Waals surface area contributed by atoms with Crippen LogP contribution in [-0.4, -0.2) is 30.8 Å². The molecule has 2 atom stereocenters. The molecule has 0 aromatic carbocycles. The van der Waals surface area contributed by atoms with Crippen molar-refractivity contribution < 1.29 is 20.0 Å². The average molecular weight is 189 g/mol. The molecule has 0 aliphatic heterocycles. The molecule has 0 aromatic heterocycles. The third kappa shape index (κ3) is 4.85. The zero-order chi connectivity index (χ0) is 10.6. The van der Waals surface area contributed by atoms with Gasteiger partial charge in [-0.3, -0.25) is 0 Å². The molecule has 0 aliphatic rings. The van der Waals surface area contributed by atoms with Gasteiger partial charge in [0, 0.05) is 0 Å². The number of carbonyl (C=O) groups excluding carboxylic acids is 1. The van der Waals surface area contributed by atoms with Crippen molar-refractivity contribution in [3.05, 3.63) is 0 Å². The molecule has 4 nitrogen and oxygen atoms in total. The minimum atomic E-state index is -1.08. The summed E-state index contributed by atoms with van der Waals surface area (Å²) in [6.45, 7) is 7.42. The lowest BCUT2D eigenvalue weighted by atomic mass is 10.1. The molecule has 13 heavy (non-hydrogen) atoms. The first-order chi connectivity index (χ1) is 5.78. The van der Waals surface area contributed by atoms with Crippen LogP contribution < -0.4 is 10.4 Å². The summed E-state index contributed by atoms with van der Waals surface area (Å²) in [7, 11) is 1.70. The van der Waals surface area contributed by atoms with Crippen molar-refractivity contribution in [1.29, 1.82) is 0 Å². The van der Waals surface area contributed by atoms with Gasteiger partial charge in [-0.15, -0.1) is 0 Å². The molecule has 0 bridgehead atoms. The molecule has 0 heterocycles. The molecule has 0 aliphatic carbocycles. The molecule has 0 unspecified atom stereocenters. The van der Waals surface area contributed by atoms with E-state index in [1.165, 1.54) is 0 Å². The van der Waals surface area contributed by atoms with Crippen LogP contribution in [0.1, 0.15) is 27.7 Å². The maximum Gasteiger partial charge on any atom is 0.152 e. The van der Waals surface area contributed by atoms with Crippen molar-refractivity contribution >= 4 is 5.97 Å². The third-order valence-electron chi connectivity index (χ3n) is 1.68. The van der Waals surface area contributed by atoms with Gasteiger partial charge in [0.05, 0.1) is 12.6 Å². The molecule has 4 heteroatoms. The summed E-state index contributed by atoms with van der Waals surface area (Å²) in [6.07, 6.45) is -0.352. The Morgan fingerprint density at radius 3 is 2.15 bits per heavy atom. The first kappa shape index (κ1) is 12.4. The molecule has 0 amide bonds. The van der Waals surface area contributed by atoms with Crippen LogP contribution in [0.25, 0.3) is 0 Å². The van der Waals surface area contributed by atoms with E-state index in [1.807, 2.05) is 20.8 Å². The Hall–Kier alpha value is -0.610. The third-order valence-corrected chi connectivity index (χ3v) is 1.68.